The van der Waals surface area contributed by atoms with Crippen LogP contribution in [0.25, 0.3) is 0 Å². The molecule has 0 amide bonds. The second kappa shape index (κ2) is 4.67. The lowest BCUT2D eigenvalue weighted by Gasteiger charge is -2.11. The molecule has 19 heavy (non-hydrogen) atoms. The molecule has 0 spiro atoms. The second-order valence-corrected chi connectivity index (χ2v) is 4.13. The zero-order chi connectivity index (χ0) is 14.2. The van der Waals surface area contributed by atoms with E-state index in [4.69, 9.17) is 4.74 Å². The Morgan fingerprint density at radius 3 is 2.79 bits per heavy atom. The van der Waals surface area contributed by atoms with Crippen molar-refractivity contribution in [2.45, 2.75) is 31.9 Å². The molecular weight excluding hydrogens is 265 g/mol. The fraction of sp³-hybridized carbons (Fsp3) is 0.545. The van der Waals surface area contributed by atoms with Crippen LogP contribution in [0.15, 0.2) is 4.79 Å². The Morgan fingerprint density at radius 2 is 2.21 bits per heavy atom. The van der Waals surface area contributed by atoms with Crippen molar-refractivity contribution in [1.82, 2.24) is 10.2 Å². The van der Waals surface area contributed by atoms with Crippen LogP contribution in [0.2, 0.25) is 0 Å². The maximum absolute atomic E-state index is 12.8. The summed E-state index contributed by atoms with van der Waals surface area (Å²) in [5.41, 5.74) is -2.78. The number of nitrogens with zero attached hydrogens (tertiary/aromatic N) is 1. The number of hydrogen-bond donors (Lipinski definition) is 1. The van der Waals surface area contributed by atoms with Gasteiger partial charge in [0.15, 0.2) is 0 Å². The Morgan fingerprint density at radius 1 is 1.53 bits per heavy atom. The van der Waals surface area contributed by atoms with Crippen LogP contribution < -0.4 is 5.56 Å². The van der Waals surface area contributed by atoms with E-state index in [2.05, 4.69) is 5.10 Å². The second-order valence-electron chi connectivity index (χ2n) is 4.13. The maximum Gasteiger partial charge on any atom is 0.422 e. The number of halogens is 3. The monoisotopic (exact) mass is 276 g/mol. The molecule has 0 aromatic carbocycles. The molecule has 0 saturated heterocycles. The molecule has 104 valence electrons. The van der Waals surface area contributed by atoms with E-state index in [-0.39, 0.29) is 30.7 Å². The van der Waals surface area contributed by atoms with Crippen molar-refractivity contribution >= 4 is 5.97 Å². The number of rotatable bonds is 2. The van der Waals surface area contributed by atoms with E-state index in [0.717, 1.165) is 0 Å². The summed E-state index contributed by atoms with van der Waals surface area (Å²) in [7, 11) is 0. The third-order valence-corrected chi connectivity index (χ3v) is 2.98. The molecule has 0 radical (unpaired) electrons. The minimum Gasteiger partial charge on any atom is -0.465 e. The molecule has 1 unspecified atom stereocenters. The molecule has 2 rings (SSSR count). The summed E-state index contributed by atoms with van der Waals surface area (Å²) >= 11 is 0. The van der Waals surface area contributed by atoms with E-state index in [1.165, 1.54) is 0 Å². The Hall–Kier alpha value is -1.86. The number of alkyl halides is 3. The Kier molecular flexibility index (Phi) is 3.34. The zero-order valence-corrected chi connectivity index (χ0v) is 10.0. The van der Waals surface area contributed by atoms with Crippen LogP contribution in [-0.2, 0) is 22.1 Å². The number of carbonyl (C=O) groups is 1. The topological polar surface area (TPSA) is 72.0 Å². The van der Waals surface area contributed by atoms with E-state index in [9.17, 15) is 22.8 Å². The first kappa shape index (κ1) is 13.6. The minimum absolute atomic E-state index is 0.00935. The number of ether oxygens (including phenoxy) is 1. The number of fused-ring (bicyclic) bond motifs is 1. The summed E-state index contributed by atoms with van der Waals surface area (Å²) in [6.45, 7) is 1.75. The Labute approximate surface area is 105 Å². The molecule has 1 aromatic heterocycles. The van der Waals surface area contributed by atoms with E-state index >= 15 is 0 Å². The van der Waals surface area contributed by atoms with Gasteiger partial charge in [-0.05, 0) is 25.3 Å². The summed E-state index contributed by atoms with van der Waals surface area (Å²) in [4.78, 5) is 22.9. The lowest BCUT2D eigenvalue weighted by atomic mass is 10.1. The van der Waals surface area contributed by atoms with Crippen molar-refractivity contribution in [1.29, 1.82) is 0 Å². The highest BCUT2D eigenvalue weighted by Gasteiger charge is 2.43. The fourth-order valence-corrected chi connectivity index (χ4v) is 2.24. The predicted molar refractivity (Wildman–Crippen MR) is 57.6 cm³/mol. The predicted octanol–water partition coefficient (Wildman–Crippen LogP) is 1.38. The molecule has 1 atom stereocenters. The number of hydrogen-bond acceptors (Lipinski definition) is 4. The van der Waals surface area contributed by atoms with Gasteiger partial charge in [0.1, 0.15) is 11.5 Å². The van der Waals surface area contributed by atoms with Gasteiger partial charge in [-0.25, -0.2) is 5.10 Å². The smallest absolute Gasteiger partial charge is 0.422 e. The van der Waals surface area contributed by atoms with Gasteiger partial charge in [0.05, 0.1) is 12.3 Å². The third kappa shape index (κ3) is 2.34. The van der Waals surface area contributed by atoms with Crippen molar-refractivity contribution in [3.63, 3.8) is 0 Å². The van der Waals surface area contributed by atoms with Crippen LogP contribution in [0, 0.1) is 0 Å². The SMILES string of the molecule is CCOC(=O)C1CCc2c1n[nH]c(=O)c2C(F)(F)F. The molecule has 1 N–H and O–H groups in total. The van der Waals surface area contributed by atoms with E-state index in [1.54, 1.807) is 12.0 Å². The third-order valence-electron chi connectivity index (χ3n) is 2.98. The normalized spacial score (nSPS) is 18.2. The minimum atomic E-state index is -4.76. The van der Waals surface area contributed by atoms with Crippen LogP contribution in [-0.4, -0.2) is 22.8 Å². The van der Waals surface area contributed by atoms with Gasteiger partial charge < -0.3 is 4.74 Å². The van der Waals surface area contributed by atoms with Crippen molar-refractivity contribution in [3.8, 4) is 0 Å². The average Bonchev–Trinajstić information content (AvgIpc) is 2.70. The molecule has 1 heterocycles. The summed E-state index contributed by atoms with van der Waals surface area (Å²) in [6.07, 6.45) is -4.60. The summed E-state index contributed by atoms with van der Waals surface area (Å²) in [6, 6.07) is 0. The Balaban J connectivity index is 2.50. The van der Waals surface area contributed by atoms with Crippen LogP contribution in [0.5, 0.6) is 0 Å². The number of H-pyrrole nitrogens is 1. The number of nitrogens with one attached hydrogen (secondary N) is 1. The van der Waals surface area contributed by atoms with Crippen molar-refractivity contribution in [2.75, 3.05) is 6.61 Å². The van der Waals surface area contributed by atoms with Crippen LogP contribution in [0.3, 0.4) is 0 Å². The number of carbonyl (C=O) groups excluding carboxylic acids is 1. The average molecular weight is 276 g/mol. The summed E-state index contributed by atoms with van der Waals surface area (Å²) in [5.74, 6) is -1.46. The van der Waals surface area contributed by atoms with E-state index in [1.807, 2.05) is 0 Å². The van der Waals surface area contributed by atoms with Crippen molar-refractivity contribution < 1.29 is 22.7 Å². The van der Waals surface area contributed by atoms with Crippen LogP contribution in [0.4, 0.5) is 13.2 Å². The molecular formula is C11H11F3N2O3. The molecule has 0 fully saturated rings. The van der Waals surface area contributed by atoms with Gasteiger partial charge in [-0.3, -0.25) is 9.59 Å². The highest BCUT2D eigenvalue weighted by Crippen LogP contribution is 2.38. The van der Waals surface area contributed by atoms with Gasteiger partial charge in [0.25, 0.3) is 5.56 Å². The van der Waals surface area contributed by atoms with Gasteiger partial charge in [0, 0.05) is 0 Å². The van der Waals surface area contributed by atoms with E-state index < -0.39 is 29.2 Å². The van der Waals surface area contributed by atoms with Crippen molar-refractivity contribution in [3.05, 3.63) is 27.2 Å². The molecule has 1 aliphatic rings. The number of aromatic amines is 1. The Bertz CT molecular complexity index is 565. The van der Waals surface area contributed by atoms with Gasteiger partial charge >= 0.3 is 12.1 Å². The van der Waals surface area contributed by atoms with E-state index in [0.29, 0.717) is 0 Å². The first-order valence-corrected chi connectivity index (χ1v) is 5.71. The summed E-state index contributed by atoms with van der Waals surface area (Å²) < 4.78 is 43.2. The molecule has 0 aliphatic heterocycles. The van der Waals surface area contributed by atoms with Gasteiger partial charge in [-0.1, -0.05) is 0 Å². The van der Waals surface area contributed by atoms with Crippen LogP contribution in [0.1, 0.15) is 36.1 Å². The highest BCUT2D eigenvalue weighted by atomic mass is 19.4. The standard InChI is InChI=1S/C11H11F3N2O3/c1-2-19-10(18)6-4-3-5-7(11(12,13)14)9(17)16-15-8(5)6/h6H,2-4H2,1H3,(H,16,17). The highest BCUT2D eigenvalue weighted by molar-refractivity contribution is 5.79. The zero-order valence-electron chi connectivity index (χ0n) is 10.0. The van der Waals surface area contributed by atoms with Crippen molar-refractivity contribution in [2.24, 2.45) is 0 Å². The van der Waals surface area contributed by atoms with Gasteiger partial charge in [-0.15, -0.1) is 0 Å². The quantitative estimate of drug-likeness (QED) is 0.828. The largest absolute Gasteiger partial charge is 0.465 e. The van der Waals surface area contributed by atoms with Gasteiger partial charge in [-0.2, -0.15) is 18.3 Å². The summed E-state index contributed by atoms with van der Waals surface area (Å²) in [5, 5.41) is 5.38. The van der Waals surface area contributed by atoms with Gasteiger partial charge in [0.2, 0.25) is 0 Å². The molecule has 1 aliphatic carbocycles. The molecule has 1 aromatic rings. The number of aromatic nitrogens is 2. The maximum atomic E-state index is 12.8. The molecule has 0 bridgehead atoms. The number of esters is 1. The molecule has 8 heteroatoms. The lowest BCUT2D eigenvalue weighted by Crippen LogP contribution is -2.26. The lowest BCUT2D eigenvalue weighted by molar-refractivity contribution is -0.145. The van der Waals surface area contributed by atoms with Crippen LogP contribution >= 0.6 is 0 Å². The first-order chi connectivity index (χ1) is 8.86. The fourth-order valence-electron chi connectivity index (χ4n) is 2.24. The first-order valence-electron chi connectivity index (χ1n) is 5.71. The molecule has 0 saturated carbocycles. The molecule has 5 nitrogen and oxygen atoms in total.